The number of aryl methyl sites for hydroxylation is 1. The first-order valence-electron chi connectivity index (χ1n) is 6.56. The van der Waals surface area contributed by atoms with Crippen LogP contribution in [0.3, 0.4) is 0 Å². The molecule has 4 heteroatoms. The number of benzene rings is 2. The fraction of sp³-hybridized carbons (Fsp3) is 0.250. The highest BCUT2D eigenvalue weighted by Gasteiger charge is 2.10. The third-order valence-corrected chi connectivity index (χ3v) is 3.26. The highest BCUT2D eigenvalue weighted by molar-refractivity contribution is 5.84. The van der Waals surface area contributed by atoms with E-state index >= 15 is 0 Å². The second kappa shape index (κ2) is 6.19. The summed E-state index contributed by atoms with van der Waals surface area (Å²) in [5.74, 6) is -0.566. The van der Waals surface area contributed by atoms with Gasteiger partial charge in [0.1, 0.15) is 0 Å². The standard InChI is InChI=1S/C16H18N2O2/c1-18(11-15(17)19)16(20)9-7-12-6-8-13-4-2-3-5-14(13)10-12/h2-6,8,10H,7,9,11H2,1H3,(H2,17,19). The molecule has 104 valence electrons. The minimum atomic E-state index is -0.494. The Morgan fingerprint density at radius 1 is 1.10 bits per heavy atom. The van der Waals surface area contributed by atoms with Crippen molar-refractivity contribution in [2.75, 3.05) is 13.6 Å². The Bertz CT molecular complexity index is 637. The monoisotopic (exact) mass is 270 g/mol. The van der Waals surface area contributed by atoms with E-state index in [0.717, 1.165) is 5.56 Å². The molecule has 0 heterocycles. The fourth-order valence-corrected chi connectivity index (χ4v) is 2.16. The van der Waals surface area contributed by atoms with Crippen LogP contribution in [-0.2, 0) is 16.0 Å². The molecule has 0 aliphatic heterocycles. The van der Waals surface area contributed by atoms with E-state index in [9.17, 15) is 9.59 Å². The second-order valence-corrected chi connectivity index (χ2v) is 4.90. The van der Waals surface area contributed by atoms with Crippen LogP contribution < -0.4 is 5.73 Å². The molecule has 0 aromatic heterocycles. The van der Waals surface area contributed by atoms with Crippen LogP contribution in [0.2, 0.25) is 0 Å². The fourth-order valence-electron chi connectivity index (χ4n) is 2.16. The van der Waals surface area contributed by atoms with Crippen molar-refractivity contribution in [2.45, 2.75) is 12.8 Å². The van der Waals surface area contributed by atoms with Crippen LogP contribution in [0.5, 0.6) is 0 Å². The van der Waals surface area contributed by atoms with E-state index < -0.39 is 5.91 Å². The van der Waals surface area contributed by atoms with Gasteiger partial charge in [-0.1, -0.05) is 42.5 Å². The number of rotatable bonds is 5. The number of hydrogen-bond acceptors (Lipinski definition) is 2. The van der Waals surface area contributed by atoms with Gasteiger partial charge in [-0.3, -0.25) is 9.59 Å². The number of fused-ring (bicyclic) bond motifs is 1. The first kappa shape index (κ1) is 14.1. The zero-order chi connectivity index (χ0) is 14.5. The molecule has 20 heavy (non-hydrogen) atoms. The summed E-state index contributed by atoms with van der Waals surface area (Å²) in [4.78, 5) is 24.0. The summed E-state index contributed by atoms with van der Waals surface area (Å²) < 4.78 is 0. The highest BCUT2D eigenvalue weighted by Crippen LogP contribution is 2.16. The number of carbonyl (C=O) groups excluding carboxylic acids is 2. The van der Waals surface area contributed by atoms with Crippen LogP contribution in [-0.4, -0.2) is 30.3 Å². The number of nitrogens with zero attached hydrogens (tertiary/aromatic N) is 1. The zero-order valence-electron chi connectivity index (χ0n) is 11.5. The van der Waals surface area contributed by atoms with Crippen molar-refractivity contribution in [3.63, 3.8) is 0 Å². The summed E-state index contributed by atoms with van der Waals surface area (Å²) in [5.41, 5.74) is 6.18. The predicted octanol–water partition coefficient (Wildman–Crippen LogP) is 1.72. The lowest BCUT2D eigenvalue weighted by Crippen LogP contribution is -2.35. The normalized spacial score (nSPS) is 10.4. The lowest BCUT2D eigenvalue weighted by molar-refractivity contribution is -0.133. The second-order valence-electron chi connectivity index (χ2n) is 4.90. The Labute approximate surface area is 118 Å². The van der Waals surface area contributed by atoms with Crippen molar-refractivity contribution in [3.8, 4) is 0 Å². The quantitative estimate of drug-likeness (QED) is 0.899. The van der Waals surface area contributed by atoms with Crippen molar-refractivity contribution in [1.82, 2.24) is 4.90 Å². The number of carbonyl (C=O) groups is 2. The van der Waals surface area contributed by atoms with Crippen molar-refractivity contribution >= 4 is 22.6 Å². The van der Waals surface area contributed by atoms with Crippen LogP contribution in [0.4, 0.5) is 0 Å². The average molecular weight is 270 g/mol. The van der Waals surface area contributed by atoms with Crippen LogP contribution in [0.1, 0.15) is 12.0 Å². The third kappa shape index (κ3) is 3.57. The third-order valence-electron chi connectivity index (χ3n) is 3.26. The molecule has 0 saturated carbocycles. The maximum atomic E-state index is 11.8. The van der Waals surface area contributed by atoms with E-state index in [4.69, 9.17) is 5.73 Å². The highest BCUT2D eigenvalue weighted by atomic mass is 16.2. The molecular weight excluding hydrogens is 252 g/mol. The van der Waals surface area contributed by atoms with E-state index in [1.807, 2.05) is 18.2 Å². The van der Waals surface area contributed by atoms with Gasteiger partial charge in [0.2, 0.25) is 11.8 Å². The topological polar surface area (TPSA) is 63.4 Å². The summed E-state index contributed by atoms with van der Waals surface area (Å²) in [6.07, 6.45) is 1.04. The van der Waals surface area contributed by atoms with Gasteiger partial charge in [0.15, 0.2) is 0 Å². The van der Waals surface area contributed by atoms with Crippen LogP contribution >= 0.6 is 0 Å². The van der Waals surface area contributed by atoms with Gasteiger partial charge < -0.3 is 10.6 Å². The molecule has 0 aliphatic carbocycles. The molecule has 0 saturated heterocycles. The molecule has 2 N–H and O–H groups in total. The zero-order valence-corrected chi connectivity index (χ0v) is 11.5. The maximum absolute atomic E-state index is 11.8. The summed E-state index contributed by atoms with van der Waals surface area (Å²) in [7, 11) is 1.59. The summed E-state index contributed by atoms with van der Waals surface area (Å²) in [6.45, 7) is -0.0312. The molecular formula is C16H18N2O2. The first-order valence-corrected chi connectivity index (χ1v) is 6.56. The van der Waals surface area contributed by atoms with Gasteiger partial charge in [0, 0.05) is 13.5 Å². The van der Waals surface area contributed by atoms with E-state index in [1.54, 1.807) is 7.05 Å². The van der Waals surface area contributed by atoms with Gasteiger partial charge in [0.25, 0.3) is 0 Å². The van der Waals surface area contributed by atoms with Crippen molar-refractivity contribution in [1.29, 1.82) is 0 Å². The molecule has 0 bridgehead atoms. The Hall–Kier alpha value is -2.36. The number of primary amides is 1. The number of hydrogen-bond donors (Lipinski definition) is 1. The Morgan fingerprint density at radius 2 is 1.80 bits per heavy atom. The van der Waals surface area contributed by atoms with E-state index in [0.29, 0.717) is 12.8 Å². The van der Waals surface area contributed by atoms with Crippen molar-refractivity contribution in [3.05, 3.63) is 48.0 Å². The Kier molecular flexibility index (Phi) is 4.35. The lowest BCUT2D eigenvalue weighted by Gasteiger charge is -2.14. The molecule has 4 nitrogen and oxygen atoms in total. The summed E-state index contributed by atoms with van der Waals surface area (Å²) >= 11 is 0. The minimum Gasteiger partial charge on any atom is -0.368 e. The Morgan fingerprint density at radius 3 is 2.50 bits per heavy atom. The summed E-state index contributed by atoms with van der Waals surface area (Å²) in [6, 6.07) is 14.3. The van der Waals surface area contributed by atoms with Crippen molar-refractivity contribution < 1.29 is 9.59 Å². The van der Waals surface area contributed by atoms with Gasteiger partial charge in [-0.15, -0.1) is 0 Å². The number of likely N-dealkylation sites (N-methyl/N-ethyl adjacent to an activating group) is 1. The van der Waals surface area contributed by atoms with Gasteiger partial charge in [0.05, 0.1) is 6.54 Å². The molecule has 0 aliphatic rings. The minimum absolute atomic E-state index is 0.0312. The van der Waals surface area contributed by atoms with Crippen LogP contribution in [0.15, 0.2) is 42.5 Å². The first-order chi connectivity index (χ1) is 9.56. The number of nitrogens with two attached hydrogens (primary N) is 1. The SMILES string of the molecule is CN(CC(N)=O)C(=O)CCc1ccc2ccccc2c1. The maximum Gasteiger partial charge on any atom is 0.237 e. The van der Waals surface area contributed by atoms with Gasteiger partial charge in [-0.25, -0.2) is 0 Å². The molecule has 0 fully saturated rings. The predicted molar refractivity (Wildman–Crippen MR) is 79.1 cm³/mol. The van der Waals surface area contributed by atoms with Gasteiger partial charge in [-0.05, 0) is 22.8 Å². The smallest absolute Gasteiger partial charge is 0.237 e. The molecule has 0 unspecified atom stereocenters. The van der Waals surface area contributed by atoms with Gasteiger partial charge >= 0.3 is 0 Å². The lowest BCUT2D eigenvalue weighted by atomic mass is 10.0. The van der Waals surface area contributed by atoms with E-state index in [1.165, 1.54) is 15.7 Å². The van der Waals surface area contributed by atoms with Crippen molar-refractivity contribution in [2.24, 2.45) is 5.73 Å². The summed E-state index contributed by atoms with van der Waals surface area (Å²) in [5, 5.41) is 2.36. The molecule has 2 rings (SSSR count). The molecule has 0 atom stereocenters. The molecule has 2 aromatic rings. The van der Waals surface area contributed by atoms with Gasteiger partial charge in [-0.2, -0.15) is 0 Å². The molecule has 0 radical (unpaired) electrons. The van der Waals surface area contributed by atoms with E-state index in [-0.39, 0.29) is 12.5 Å². The molecule has 2 aromatic carbocycles. The Balaban J connectivity index is 1.98. The number of amides is 2. The molecule has 2 amide bonds. The van der Waals surface area contributed by atoms with Crippen LogP contribution in [0.25, 0.3) is 10.8 Å². The molecule has 0 spiro atoms. The average Bonchev–Trinajstić information content (AvgIpc) is 2.43. The van der Waals surface area contributed by atoms with E-state index in [2.05, 4.69) is 24.3 Å². The largest absolute Gasteiger partial charge is 0.368 e. The van der Waals surface area contributed by atoms with Crippen LogP contribution in [0, 0.1) is 0 Å².